The number of halogens is 2. The summed E-state index contributed by atoms with van der Waals surface area (Å²) in [5, 5.41) is 11.3. The Balaban J connectivity index is 2.84. The lowest BCUT2D eigenvalue weighted by atomic mass is 10.2. The highest BCUT2D eigenvalue weighted by atomic mass is 19.1. The smallest absolute Gasteiger partial charge is 0.321 e. The molecule has 1 aromatic rings. The number of aliphatic hydroxyl groups is 1. The molecule has 0 aliphatic carbocycles. The third-order valence-corrected chi connectivity index (χ3v) is 2.60. The van der Waals surface area contributed by atoms with E-state index < -0.39 is 23.4 Å². The molecule has 0 atom stereocenters. The highest BCUT2D eigenvalue weighted by Crippen LogP contribution is 2.25. The zero-order valence-electron chi connectivity index (χ0n) is 11.4. The summed E-state index contributed by atoms with van der Waals surface area (Å²) in [4.78, 5) is 13.3. The molecule has 7 heteroatoms. The van der Waals surface area contributed by atoms with Gasteiger partial charge in [-0.1, -0.05) is 6.92 Å². The molecule has 0 unspecified atom stereocenters. The summed E-state index contributed by atoms with van der Waals surface area (Å²) in [6, 6.07) is 1.43. The second kappa shape index (κ2) is 7.64. The largest absolute Gasteiger partial charge is 0.491 e. The normalized spacial score (nSPS) is 10.2. The number of methoxy groups -OCH3 is 1. The number of carbonyl (C=O) groups is 1. The summed E-state index contributed by atoms with van der Waals surface area (Å²) in [6.07, 6.45) is 0.707. The molecule has 0 fully saturated rings. The van der Waals surface area contributed by atoms with Crippen LogP contribution in [0.5, 0.6) is 5.75 Å². The van der Waals surface area contributed by atoms with Crippen LogP contribution in [0.15, 0.2) is 12.1 Å². The number of urea groups is 1. The molecule has 0 spiro atoms. The lowest BCUT2D eigenvalue weighted by molar-refractivity contribution is 0.188. The van der Waals surface area contributed by atoms with Crippen molar-refractivity contribution in [2.45, 2.75) is 13.3 Å². The summed E-state index contributed by atoms with van der Waals surface area (Å²) in [6.45, 7) is 2.29. The van der Waals surface area contributed by atoms with Crippen molar-refractivity contribution in [3.63, 3.8) is 0 Å². The van der Waals surface area contributed by atoms with E-state index in [1.807, 2.05) is 6.92 Å². The number of nitrogens with zero attached hydrogens (tertiary/aromatic N) is 1. The number of anilines is 1. The molecule has 112 valence electrons. The summed E-state index contributed by atoms with van der Waals surface area (Å²) < 4.78 is 31.5. The molecule has 0 aromatic heterocycles. The van der Waals surface area contributed by atoms with Gasteiger partial charge in [-0.05, 0) is 6.42 Å². The Kier molecular flexibility index (Phi) is 6.17. The molecular formula is C13H18F2N2O3. The van der Waals surface area contributed by atoms with Crippen LogP contribution >= 0.6 is 0 Å². The third kappa shape index (κ3) is 4.06. The van der Waals surface area contributed by atoms with E-state index in [1.165, 1.54) is 4.90 Å². The monoisotopic (exact) mass is 288 g/mol. The standard InChI is InChI=1S/C13H18F2N2O3/c1-3-4-17(5-6-18)13(19)16-9-7-10(14)12(20-2)11(15)8-9/h7-8,18H,3-6H2,1-2H3,(H,16,19). The van der Waals surface area contributed by atoms with Gasteiger partial charge in [0.15, 0.2) is 17.4 Å². The first-order valence-electron chi connectivity index (χ1n) is 6.23. The molecule has 0 radical (unpaired) electrons. The molecule has 1 aromatic carbocycles. The van der Waals surface area contributed by atoms with Crippen LogP contribution in [0.4, 0.5) is 19.3 Å². The van der Waals surface area contributed by atoms with Crippen LogP contribution < -0.4 is 10.1 Å². The van der Waals surface area contributed by atoms with Crippen LogP contribution in [0.25, 0.3) is 0 Å². The van der Waals surface area contributed by atoms with Crippen LogP contribution in [0, 0.1) is 11.6 Å². The van der Waals surface area contributed by atoms with Crippen molar-refractivity contribution in [2.24, 2.45) is 0 Å². The van der Waals surface area contributed by atoms with E-state index in [2.05, 4.69) is 10.1 Å². The first-order valence-corrected chi connectivity index (χ1v) is 6.23. The molecule has 0 saturated heterocycles. The lowest BCUT2D eigenvalue weighted by Gasteiger charge is -2.21. The number of benzene rings is 1. The van der Waals surface area contributed by atoms with Gasteiger partial charge in [0.25, 0.3) is 0 Å². The quantitative estimate of drug-likeness (QED) is 0.843. The topological polar surface area (TPSA) is 61.8 Å². The molecule has 5 nitrogen and oxygen atoms in total. The molecule has 0 heterocycles. The number of ether oxygens (including phenoxy) is 1. The van der Waals surface area contributed by atoms with E-state index in [0.29, 0.717) is 13.0 Å². The van der Waals surface area contributed by atoms with Crippen molar-refractivity contribution >= 4 is 11.7 Å². The summed E-state index contributed by atoms with van der Waals surface area (Å²) in [5.41, 5.74) is -0.00940. The average molecular weight is 288 g/mol. The maximum absolute atomic E-state index is 13.5. The predicted molar refractivity (Wildman–Crippen MR) is 70.9 cm³/mol. The zero-order chi connectivity index (χ0) is 15.1. The van der Waals surface area contributed by atoms with Gasteiger partial charge < -0.3 is 20.1 Å². The van der Waals surface area contributed by atoms with Gasteiger partial charge in [-0.15, -0.1) is 0 Å². The Hall–Kier alpha value is -1.89. The Morgan fingerprint density at radius 2 is 1.95 bits per heavy atom. The number of hydrogen-bond donors (Lipinski definition) is 2. The Bertz CT molecular complexity index is 440. The number of hydrogen-bond acceptors (Lipinski definition) is 3. The van der Waals surface area contributed by atoms with E-state index in [9.17, 15) is 13.6 Å². The summed E-state index contributed by atoms with van der Waals surface area (Å²) in [7, 11) is 1.16. The minimum Gasteiger partial charge on any atom is -0.491 e. The van der Waals surface area contributed by atoms with Crippen molar-refractivity contribution < 1.29 is 23.4 Å². The molecular weight excluding hydrogens is 270 g/mol. The van der Waals surface area contributed by atoms with Crippen LogP contribution in [-0.2, 0) is 0 Å². The summed E-state index contributed by atoms with van der Waals surface area (Å²) in [5.74, 6) is -2.29. The van der Waals surface area contributed by atoms with Crippen molar-refractivity contribution in [2.75, 3.05) is 32.1 Å². The number of nitrogens with one attached hydrogen (secondary N) is 1. The van der Waals surface area contributed by atoms with Crippen molar-refractivity contribution in [3.8, 4) is 5.75 Å². The van der Waals surface area contributed by atoms with Crippen LogP contribution in [-0.4, -0.2) is 42.8 Å². The second-order valence-electron chi connectivity index (χ2n) is 4.11. The van der Waals surface area contributed by atoms with Gasteiger partial charge >= 0.3 is 6.03 Å². The van der Waals surface area contributed by atoms with Gasteiger partial charge in [0, 0.05) is 30.9 Å². The zero-order valence-corrected chi connectivity index (χ0v) is 11.4. The molecule has 0 aliphatic heterocycles. The fourth-order valence-corrected chi connectivity index (χ4v) is 1.74. The van der Waals surface area contributed by atoms with E-state index in [1.54, 1.807) is 0 Å². The Morgan fingerprint density at radius 1 is 1.35 bits per heavy atom. The van der Waals surface area contributed by atoms with Gasteiger partial charge in [-0.2, -0.15) is 0 Å². The van der Waals surface area contributed by atoms with Crippen LogP contribution in [0.1, 0.15) is 13.3 Å². The molecule has 0 aliphatic rings. The highest BCUT2D eigenvalue weighted by molar-refractivity contribution is 5.89. The Labute approximate surface area is 116 Å². The van der Waals surface area contributed by atoms with Crippen molar-refractivity contribution in [1.29, 1.82) is 0 Å². The van der Waals surface area contributed by atoms with E-state index in [0.717, 1.165) is 19.2 Å². The SMILES string of the molecule is CCCN(CCO)C(=O)Nc1cc(F)c(OC)c(F)c1. The third-order valence-electron chi connectivity index (χ3n) is 2.60. The van der Waals surface area contributed by atoms with Crippen molar-refractivity contribution in [3.05, 3.63) is 23.8 Å². The maximum atomic E-state index is 13.5. The summed E-state index contributed by atoms with van der Waals surface area (Å²) >= 11 is 0. The van der Waals surface area contributed by atoms with Gasteiger partial charge in [0.1, 0.15) is 0 Å². The highest BCUT2D eigenvalue weighted by Gasteiger charge is 2.16. The first kappa shape index (κ1) is 16.2. The minimum absolute atomic E-state index is 0.00940. The van der Waals surface area contributed by atoms with Crippen molar-refractivity contribution in [1.82, 2.24) is 4.90 Å². The average Bonchev–Trinajstić information content (AvgIpc) is 2.38. The number of rotatable bonds is 6. The fourth-order valence-electron chi connectivity index (χ4n) is 1.74. The van der Waals surface area contributed by atoms with Gasteiger partial charge in [0.05, 0.1) is 13.7 Å². The van der Waals surface area contributed by atoms with Gasteiger partial charge in [0.2, 0.25) is 0 Å². The number of carbonyl (C=O) groups excluding carboxylic acids is 1. The fraction of sp³-hybridized carbons (Fsp3) is 0.462. The minimum atomic E-state index is -0.896. The lowest BCUT2D eigenvalue weighted by Crippen LogP contribution is -2.37. The van der Waals surface area contributed by atoms with Crippen LogP contribution in [0.3, 0.4) is 0 Å². The molecule has 0 saturated carbocycles. The maximum Gasteiger partial charge on any atom is 0.321 e. The van der Waals surface area contributed by atoms with E-state index in [4.69, 9.17) is 5.11 Å². The van der Waals surface area contributed by atoms with E-state index in [-0.39, 0.29) is 18.8 Å². The molecule has 2 amide bonds. The number of aliphatic hydroxyl groups excluding tert-OH is 1. The molecule has 0 bridgehead atoms. The van der Waals surface area contributed by atoms with Crippen LogP contribution in [0.2, 0.25) is 0 Å². The van der Waals surface area contributed by atoms with Gasteiger partial charge in [-0.3, -0.25) is 0 Å². The first-order chi connectivity index (χ1) is 9.53. The van der Waals surface area contributed by atoms with Gasteiger partial charge in [-0.25, -0.2) is 13.6 Å². The molecule has 20 heavy (non-hydrogen) atoms. The van der Waals surface area contributed by atoms with E-state index >= 15 is 0 Å². The number of amides is 2. The molecule has 1 rings (SSSR count). The predicted octanol–water partition coefficient (Wildman–Crippen LogP) is 2.21. The Morgan fingerprint density at radius 3 is 2.40 bits per heavy atom. The molecule has 2 N–H and O–H groups in total. The second-order valence-corrected chi connectivity index (χ2v) is 4.11.